The number of rotatable bonds is 3. The van der Waals surface area contributed by atoms with Crippen molar-refractivity contribution in [3.63, 3.8) is 0 Å². The van der Waals surface area contributed by atoms with E-state index in [9.17, 15) is 0 Å². The summed E-state index contributed by atoms with van der Waals surface area (Å²) < 4.78 is 0. The van der Waals surface area contributed by atoms with Crippen LogP contribution in [0.2, 0.25) is 0 Å². The summed E-state index contributed by atoms with van der Waals surface area (Å²) in [6, 6.07) is 8.09. The van der Waals surface area contributed by atoms with Gasteiger partial charge in [-0.2, -0.15) is 5.26 Å². The summed E-state index contributed by atoms with van der Waals surface area (Å²) in [4.78, 5) is 0. The van der Waals surface area contributed by atoms with Crippen molar-refractivity contribution in [2.24, 2.45) is 0 Å². The first kappa shape index (κ1) is 9.80. The first-order valence-corrected chi connectivity index (χ1v) is 4.77. The first-order valence-electron chi connectivity index (χ1n) is 4.77. The molecule has 1 nitrogen and oxygen atoms in total. The molecule has 0 spiro atoms. The van der Waals surface area contributed by atoms with Crippen LogP contribution in [-0.2, 0) is 6.42 Å². The standard InChI is InChI=1S/C12H15N/c1-3-4-5-12-7-6-11(9-13)8-10(12)2/h6-8H,3-5H2,1-2H3. The second-order valence-corrected chi connectivity index (χ2v) is 3.36. The third-order valence-corrected chi connectivity index (χ3v) is 2.27. The predicted octanol–water partition coefficient (Wildman–Crippen LogP) is 3.21. The number of benzene rings is 1. The van der Waals surface area contributed by atoms with Crippen LogP contribution in [0.1, 0.15) is 36.5 Å². The van der Waals surface area contributed by atoms with Crippen molar-refractivity contribution < 1.29 is 0 Å². The van der Waals surface area contributed by atoms with Crippen molar-refractivity contribution in [2.75, 3.05) is 0 Å². The van der Waals surface area contributed by atoms with Crippen LogP contribution in [0, 0.1) is 18.3 Å². The SMILES string of the molecule is CCCCc1ccc(C#N)cc1C. The molecule has 0 atom stereocenters. The summed E-state index contributed by atoms with van der Waals surface area (Å²) in [6.45, 7) is 4.27. The molecule has 0 N–H and O–H groups in total. The molecule has 1 aromatic rings. The highest BCUT2D eigenvalue weighted by Gasteiger charge is 1.98. The van der Waals surface area contributed by atoms with Crippen molar-refractivity contribution in [2.45, 2.75) is 33.1 Å². The molecule has 0 saturated carbocycles. The predicted molar refractivity (Wildman–Crippen MR) is 54.5 cm³/mol. The molecular weight excluding hydrogens is 158 g/mol. The molecule has 0 amide bonds. The number of hydrogen-bond acceptors (Lipinski definition) is 1. The van der Waals surface area contributed by atoms with Crippen molar-refractivity contribution in [1.29, 1.82) is 5.26 Å². The number of nitriles is 1. The lowest BCUT2D eigenvalue weighted by Gasteiger charge is -2.04. The highest BCUT2D eigenvalue weighted by Crippen LogP contribution is 2.13. The average Bonchev–Trinajstić information content (AvgIpc) is 2.16. The summed E-state index contributed by atoms with van der Waals surface area (Å²) in [6.07, 6.45) is 3.58. The molecule has 0 aliphatic heterocycles. The molecule has 1 rings (SSSR count). The Labute approximate surface area is 80.0 Å². The Hall–Kier alpha value is -1.29. The van der Waals surface area contributed by atoms with E-state index in [4.69, 9.17) is 5.26 Å². The van der Waals surface area contributed by atoms with Crippen molar-refractivity contribution in [3.8, 4) is 6.07 Å². The van der Waals surface area contributed by atoms with Crippen LogP contribution in [0.5, 0.6) is 0 Å². The van der Waals surface area contributed by atoms with Crippen LogP contribution in [0.4, 0.5) is 0 Å². The molecule has 68 valence electrons. The lowest BCUT2D eigenvalue weighted by Crippen LogP contribution is -1.90. The van der Waals surface area contributed by atoms with E-state index in [0.29, 0.717) is 0 Å². The molecular formula is C12H15N. The zero-order valence-electron chi connectivity index (χ0n) is 8.30. The quantitative estimate of drug-likeness (QED) is 0.688. The Bertz CT molecular complexity index is 320. The molecule has 1 heteroatoms. The molecule has 13 heavy (non-hydrogen) atoms. The zero-order valence-corrected chi connectivity index (χ0v) is 8.30. The maximum atomic E-state index is 8.68. The summed E-state index contributed by atoms with van der Waals surface area (Å²) >= 11 is 0. The molecule has 0 bridgehead atoms. The van der Waals surface area contributed by atoms with Gasteiger partial charge >= 0.3 is 0 Å². The largest absolute Gasteiger partial charge is 0.192 e. The van der Waals surface area contributed by atoms with Crippen LogP contribution in [0.15, 0.2) is 18.2 Å². The van der Waals surface area contributed by atoms with E-state index in [0.717, 1.165) is 12.0 Å². The minimum absolute atomic E-state index is 0.762. The second kappa shape index (κ2) is 4.67. The molecule has 0 aliphatic rings. The van der Waals surface area contributed by atoms with Gasteiger partial charge < -0.3 is 0 Å². The minimum Gasteiger partial charge on any atom is -0.192 e. The maximum absolute atomic E-state index is 8.68. The van der Waals surface area contributed by atoms with Crippen molar-refractivity contribution in [3.05, 3.63) is 34.9 Å². The van der Waals surface area contributed by atoms with Gasteiger partial charge in [-0.15, -0.1) is 0 Å². The average molecular weight is 173 g/mol. The topological polar surface area (TPSA) is 23.8 Å². The fraction of sp³-hybridized carbons (Fsp3) is 0.417. The lowest BCUT2D eigenvalue weighted by molar-refractivity contribution is 0.791. The Morgan fingerprint density at radius 3 is 2.69 bits per heavy atom. The van der Waals surface area contributed by atoms with Gasteiger partial charge in [0.25, 0.3) is 0 Å². The summed E-state index contributed by atoms with van der Waals surface area (Å²) in [5.41, 5.74) is 3.38. The minimum atomic E-state index is 0.762. The van der Waals surface area contributed by atoms with E-state index in [1.807, 2.05) is 12.1 Å². The van der Waals surface area contributed by atoms with Gasteiger partial charge in [0.2, 0.25) is 0 Å². The Morgan fingerprint density at radius 1 is 1.38 bits per heavy atom. The van der Waals surface area contributed by atoms with E-state index in [1.54, 1.807) is 0 Å². The second-order valence-electron chi connectivity index (χ2n) is 3.36. The molecule has 0 fully saturated rings. The zero-order chi connectivity index (χ0) is 9.68. The van der Waals surface area contributed by atoms with Crippen LogP contribution in [0.3, 0.4) is 0 Å². The Balaban J connectivity index is 2.81. The van der Waals surface area contributed by atoms with Crippen LogP contribution < -0.4 is 0 Å². The summed E-state index contributed by atoms with van der Waals surface area (Å²) in [5, 5.41) is 8.68. The van der Waals surface area contributed by atoms with Crippen LogP contribution in [-0.4, -0.2) is 0 Å². The fourth-order valence-corrected chi connectivity index (χ4v) is 1.41. The fourth-order valence-electron chi connectivity index (χ4n) is 1.41. The van der Waals surface area contributed by atoms with Gasteiger partial charge in [-0.05, 0) is 43.0 Å². The highest BCUT2D eigenvalue weighted by molar-refractivity contribution is 5.37. The normalized spacial score (nSPS) is 9.62. The molecule has 0 heterocycles. The third-order valence-electron chi connectivity index (χ3n) is 2.27. The monoisotopic (exact) mass is 173 g/mol. The summed E-state index contributed by atoms with van der Waals surface area (Å²) in [7, 11) is 0. The number of unbranched alkanes of at least 4 members (excludes halogenated alkanes) is 1. The molecule has 1 aromatic carbocycles. The van der Waals surface area contributed by atoms with E-state index in [-0.39, 0.29) is 0 Å². The first-order chi connectivity index (χ1) is 6.27. The molecule has 0 aromatic heterocycles. The number of hydrogen-bond donors (Lipinski definition) is 0. The van der Waals surface area contributed by atoms with Crippen molar-refractivity contribution in [1.82, 2.24) is 0 Å². The van der Waals surface area contributed by atoms with Gasteiger partial charge in [0.1, 0.15) is 0 Å². The lowest BCUT2D eigenvalue weighted by atomic mass is 10.0. The third kappa shape index (κ3) is 2.59. The highest BCUT2D eigenvalue weighted by atomic mass is 14.2. The smallest absolute Gasteiger partial charge is 0.0991 e. The van der Waals surface area contributed by atoms with Gasteiger partial charge in [-0.1, -0.05) is 19.4 Å². The Morgan fingerprint density at radius 2 is 2.15 bits per heavy atom. The maximum Gasteiger partial charge on any atom is 0.0991 e. The van der Waals surface area contributed by atoms with E-state index < -0.39 is 0 Å². The van der Waals surface area contributed by atoms with E-state index in [2.05, 4.69) is 26.0 Å². The molecule has 0 saturated heterocycles. The Kier molecular flexibility index (Phi) is 3.52. The molecule has 0 aliphatic carbocycles. The number of aryl methyl sites for hydroxylation is 2. The van der Waals surface area contributed by atoms with E-state index >= 15 is 0 Å². The van der Waals surface area contributed by atoms with Crippen LogP contribution >= 0.6 is 0 Å². The number of nitrogens with zero attached hydrogens (tertiary/aromatic N) is 1. The van der Waals surface area contributed by atoms with Gasteiger partial charge in [-0.25, -0.2) is 0 Å². The summed E-state index contributed by atoms with van der Waals surface area (Å²) in [5.74, 6) is 0. The van der Waals surface area contributed by atoms with Gasteiger partial charge in [0.15, 0.2) is 0 Å². The molecule has 0 unspecified atom stereocenters. The van der Waals surface area contributed by atoms with Gasteiger partial charge in [0.05, 0.1) is 11.6 Å². The van der Waals surface area contributed by atoms with E-state index in [1.165, 1.54) is 24.0 Å². The van der Waals surface area contributed by atoms with Gasteiger partial charge in [-0.3, -0.25) is 0 Å². The van der Waals surface area contributed by atoms with Crippen LogP contribution in [0.25, 0.3) is 0 Å². The molecule has 0 radical (unpaired) electrons. The van der Waals surface area contributed by atoms with Crippen molar-refractivity contribution >= 4 is 0 Å². The van der Waals surface area contributed by atoms with Gasteiger partial charge in [0, 0.05) is 0 Å².